The minimum Gasteiger partial charge on any atom is -0.497 e. The number of methoxy groups -OCH3 is 1. The van der Waals surface area contributed by atoms with E-state index in [1.54, 1.807) is 7.11 Å². The molecular formula is C12H16N2O2. The van der Waals surface area contributed by atoms with Crippen LogP contribution in [0.25, 0.3) is 0 Å². The molecule has 1 saturated carbocycles. The molecule has 4 nitrogen and oxygen atoms in total. The molecule has 1 fully saturated rings. The van der Waals surface area contributed by atoms with Gasteiger partial charge in [-0.1, -0.05) is 0 Å². The average Bonchev–Trinajstić information content (AvgIpc) is 3.10. The molecule has 0 aromatic heterocycles. The van der Waals surface area contributed by atoms with Gasteiger partial charge in [0.1, 0.15) is 11.8 Å². The number of nitrogens with one attached hydrogen (secondary N) is 1. The summed E-state index contributed by atoms with van der Waals surface area (Å²) in [5.74, 6) is 0.922. The molecule has 4 heteroatoms. The molecule has 0 spiro atoms. The molecule has 0 radical (unpaired) electrons. The third-order valence-electron chi connectivity index (χ3n) is 2.81. The standard InChI is InChI=1S/C12H16N2O2/c1-16-10-6-4-9(5-7-10)14-11(12(13)15)8-2-3-8/h4-8,11,14H,2-3H2,1H3,(H2,13,15). The van der Waals surface area contributed by atoms with Gasteiger partial charge in [-0.15, -0.1) is 0 Å². The van der Waals surface area contributed by atoms with Gasteiger partial charge in [-0.3, -0.25) is 4.79 Å². The first-order valence-corrected chi connectivity index (χ1v) is 5.40. The maximum atomic E-state index is 11.2. The maximum absolute atomic E-state index is 11.2. The molecule has 0 heterocycles. The van der Waals surface area contributed by atoms with E-state index in [9.17, 15) is 4.79 Å². The highest BCUT2D eigenvalue weighted by Crippen LogP contribution is 2.34. The summed E-state index contributed by atoms with van der Waals surface area (Å²) in [6.07, 6.45) is 2.16. The lowest BCUT2D eigenvalue weighted by Gasteiger charge is -2.16. The van der Waals surface area contributed by atoms with Crippen molar-refractivity contribution in [3.8, 4) is 5.75 Å². The van der Waals surface area contributed by atoms with Crippen molar-refractivity contribution in [3.05, 3.63) is 24.3 Å². The van der Waals surface area contributed by atoms with Crippen molar-refractivity contribution in [2.24, 2.45) is 11.7 Å². The summed E-state index contributed by atoms with van der Waals surface area (Å²) in [5.41, 5.74) is 6.25. The van der Waals surface area contributed by atoms with Crippen LogP contribution in [0.5, 0.6) is 5.75 Å². The summed E-state index contributed by atoms with van der Waals surface area (Å²) in [7, 11) is 1.62. The van der Waals surface area contributed by atoms with E-state index in [0.29, 0.717) is 5.92 Å². The van der Waals surface area contributed by atoms with Crippen LogP contribution < -0.4 is 15.8 Å². The van der Waals surface area contributed by atoms with Crippen molar-refractivity contribution in [1.82, 2.24) is 0 Å². The SMILES string of the molecule is COc1ccc(NC(C(N)=O)C2CC2)cc1. The molecule has 1 aliphatic carbocycles. The molecule has 1 atom stereocenters. The molecular weight excluding hydrogens is 204 g/mol. The Labute approximate surface area is 94.8 Å². The van der Waals surface area contributed by atoms with Crippen LogP contribution in [0, 0.1) is 5.92 Å². The molecule has 0 bridgehead atoms. The number of hydrogen-bond donors (Lipinski definition) is 2. The van der Waals surface area contributed by atoms with E-state index in [0.717, 1.165) is 24.3 Å². The molecule has 2 rings (SSSR count). The smallest absolute Gasteiger partial charge is 0.240 e. The van der Waals surface area contributed by atoms with Gasteiger partial charge < -0.3 is 15.8 Å². The topological polar surface area (TPSA) is 64.3 Å². The van der Waals surface area contributed by atoms with Crippen molar-refractivity contribution in [2.45, 2.75) is 18.9 Å². The number of carbonyl (C=O) groups is 1. The minimum atomic E-state index is -0.279. The lowest BCUT2D eigenvalue weighted by molar-refractivity contribution is -0.119. The zero-order valence-corrected chi connectivity index (χ0v) is 9.27. The lowest BCUT2D eigenvalue weighted by atomic mass is 10.1. The van der Waals surface area contributed by atoms with Gasteiger partial charge >= 0.3 is 0 Å². The monoisotopic (exact) mass is 220 g/mol. The quantitative estimate of drug-likeness (QED) is 0.787. The number of carbonyl (C=O) groups excluding carboxylic acids is 1. The second kappa shape index (κ2) is 4.43. The molecule has 1 aliphatic rings. The molecule has 0 saturated heterocycles. The first-order chi connectivity index (χ1) is 7.70. The van der Waals surface area contributed by atoms with Gasteiger partial charge in [0.15, 0.2) is 0 Å². The lowest BCUT2D eigenvalue weighted by Crippen LogP contribution is -2.37. The van der Waals surface area contributed by atoms with Crippen LogP contribution in [0.2, 0.25) is 0 Å². The zero-order chi connectivity index (χ0) is 11.5. The van der Waals surface area contributed by atoms with Gasteiger partial charge in [-0.25, -0.2) is 0 Å². The van der Waals surface area contributed by atoms with E-state index < -0.39 is 0 Å². The summed E-state index contributed by atoms with van der Waals surface area (Å²) in [4.78, 5) is 11.2. The molecule has 1 amide bonds. The molecule has 1 aromatic carbocycles. The van der Waals surface area contributed by atoms with Crippen LogP contribution in [0.1, 0.15) is 12.8 Å². The Morgan fingerprint density at radius 1 is 1.44 bits per heavy atom. The number of benzene rings is 1. The summed E-state index contributed by atoms with van der Waals surface area (Å²) >= 11 is 0. The Morgan fingerprint density at radius 3 is 2.50 bits per heavy atom. The van der Waals surface area contributed by atoms with Crippen molar-refractivity contribution in [2.75, 3.05) is 12.4 Å². The van der Waals surface area contributed by atoms with E-state index in [4.69, 9.17) is 10.5 Å². The first kappa shape index (κ1) is 10.8. The highest BCUT2D eigenvalue weighted by Gasteiger charge is 2.34. The zero-order valence-electron chi connectivity index (χ0n) is 9.27. The third kappa shape index (κ3) is 2.45. The number of primary amides is 1. The number of nitrogens with two attached hydrogens (primary N) is 1. The summed E-state index contributed by atoms with van der Waals surface area (Å²) < 4.78 is 5.06. The number of amides is 1. The van der Waals surface area contributed by atoms with Gasteiger partial charge in [-0.05, 0) is 43.0 Å². The summed E-state index contributed by atoms with van der Waals surface area (Å²) in [6.45, 7) is 0. The molecule has 16 heavy (non-hydrogen) atoms. The van der Waals surface area contributed by atoms with Crippen LogP contribution >= 0.6 is 0 Å². The van der Waals surface area contributed by atoms with Gasteiger partial charge in [0.25, 0.3) is 0 Å². The van der Waals surface area contributed by atoms with E-state index in [1.165, 1.54) is 0 Å². The van der Waals surface area contributed by atoms with Gasteiger partial charge in [0.05, 0.1) is 7.11 Å². The summed E-state index contributed by atoms with van der Waals surface area (Å²) in [5, 5.41) is 3.16. The second-order valence-electron chi connectivity index (χ2n) is 4.09. The number of anilines is 1. The first-order valence-electron chi connectivity index (χ1n) is 5.40. The van der Waals surface area contributed by atoms with E-state index in [1.807, 2.05) is 24.3 Å². The predicted octanol–water partition coefficient (Wildman–Crippen LogP) is 1.37. The van der Waals surface area contributed by atoms with Crippen LogP contribution in [0.4, 0.5) is 5.69 Å². The fraction of sp³-hybridized carbons (Fsp3) is 0.417. The van der Waals surface area contributed by atoms with Crippen LogP contribution in [-0.4, -0.2) is 19.1 Å². The Hall–Kier alpha value is -1.71. The molecule has 0 aliphatic heterocycles. The van der Waals surface area contributed by atoms with Crippen molar-refractivity contribution in [3.63, 3.8) is 0 Å². The highest BCUT2D eigenvalue weighted by atomic mass is 16.5. The van der Waals surface area contributed by atoms with Crippen molar-refractivity contribution < 1.29 is 9.53 Å². The summed E-state index contributed by atoms with van der Waals surface area (Å²) in [6, 6.07) is 7.24. The van der Waals surface area contributed by atoms with Crippen LogP contribution in [0.3, 0.4) is 0 Å². The molecule has 86 valence electrons. The Kier molecular flexibility index (Phi) is 2.99. The van der Waals surface area contributed by atoms with E-state index >= 15 is 0 Å². The fourth-order valence-electron chi connectivity index (χ4n) is 1.72. The second-order valence-corrected chi connectivity index (χ2v) is 4.09. The van der Waals surface area contributed by atoms with Gasteiger partial charge in [0.2, 0.25) is 5.91 Å². The Bertz CT molecular complexity index is 371. The van der Waals surface area contributed by atoms with Gasteiger partial charge in [0, 0.05) is 5.69 Å². The predicted molar refractivity (Wildman–Crippen MR) is 62.3 cm³/mol. The fourth-order valence-corrected chi connectivity index (χ4v) is 1.72. The molecule has 1 unspecified atom stereocenters. The maximum Gasteiger partial charge on any atom is 0.240 e. The Morgan fingerprint density at radius 2 is 2.06 bits per heavy atom. The van der Waals surface area contributed by atoms with Crippen LogP contribution in [-0.2, 0) is 4.79 Å². The Balaban J connectivity index is 2.03. The largest absolute Gasteiger partial charge is 0.497 e. The third-order valence-corrected chi connectivity index (χ3v) is 2.81. The normalized spacial score (nSPS) is 16.6. The number of hydrogen-bond acceptors (Lipinski definition) is 3. The van der Waals surface area contributed by atoms with E-state index in [-0.39, 0.29) is 11.9 Å². The molecule has 3 N–H and O–H groups in total. The number of ether oxygens (including phenoxy) is 1. The van der Waals surface area contributed by atoms with Crippen molar-refractivity contribution in [1.29, 1.82) is 0 Å². The highest BCUT2D eigenvalue weighted by molar-refractivity contribution is 5.83. The van der Waals surface area contributed by atoms with Gasteiger partial charge in [-0.2, -0.15) is 0 Å². The van der Waals surface area contributed by atoms with Crippen LogP contribution in [0.15, 0.2) is 24.3 Å². The average molecular weight is 220 g/mol. The molecule has 1 aromatic rings. The van der Waals surface area contributed by atoms with E-state index in [2.05, 4.69) is 5.32 Å². The van der Waals surface area contributed by atoms with Crippen molar-refractivity contribution >= 4 is 11.6 Å². The number of rotatable bonds is 5. The minimum absolute atomic E-state index is 0.242.